The van der Waals surface area contributed by atoms with E-state index >= 15 is 0 Å². The molecule has 0 aliphatic rings. The topological polar surface area (TPSA) is 61.7 Å². The number of aromatic nitrogens is 2. The molecular weight excluding hydrogens is 427 g/mol. The lowest BCUT2D eigenvalue weighted by atomic mass is 9.87. The van der Waals surface area contributed by atoms with E-state index in [0.29, 0.717) is 11.4 Å². The summed E-state index contributed by atoms with van der Waals surface area (Å²) < 4.78 is 45.6. The highest BCUT2D eigenvalue weighted by Gasteiger charge is 2.33. The molecule has 1 heterocycles. The normalized spacial score (nSPS) is 12.0. The molecule has 33 heavy (non-hydrogen) atoms. The fourth-order valence-electron chi connectivity index (χ4n) is 3.57. The minimum Gasteiger partial charge on any atom is -0.487 e. The Hall–Kier alpha value is -3.79. The van der Waals surface area contributed by atoms with Gasteiger partial charge >= 0.3 is 6.18 Å². The molecule has 0 spiro atoms. The molecule has 1 aromatic heterocycles. The fourth-order valence-corrected chi connectivity index (χ4v) is 3.57. The number of alkyl halides is 3. The average molecular weight is 449 g/mol. The number of fused-ring (bicyclic) bond motifs is 1. The van der Waals surface area contributed by atoms with Crippen LogP contribution in [0, 0.1) is 11.3 Å². The first-order chi connectivity index (χ1) is 15.6. The van der Waals surface area contributed by atoms with Crippen LogP contribution in [0.5, 0.6) is 5.75 Å². The maximum Gasteiger partial charge on any atom is 0.416 e. The number of halogens is 3. The molecule has 4 nitrogen and oxygen atoms in total. The van der Waals surface area contributed by atoms with Gasteiger partial charge in [0.25, 0.3) is 0 Å². The van der Waals surface area contributed by atoms with E-state index in [9.17, 15) is 18.4 Å². The second-order valence-electron chi connectivity index (χ2n) is 8.83. The summed E-state index contributed by atoms with van der Waals surface area (Å²) >= 11 is 0. The van der Waals surface area contributed by atoms with Gasteiger partial charge in [0.2, 0.25) is 0 Å². The first-order valence-electron chi connectivity index (χ1n) is 10.4. The molecule has 0 saturated carbocycles. The smallest absolute Gasteiger partial charge is 0.416 e. The predicted octanol–water partition coefficient (Wildman–Crippen LogP) is 7.00. The van der Waals surface area contributed by atoms with Gasteiger partial charge in [-0.25, -0.2) is 4.98 Å². The van der Waals surface area contributed by atoms with Crippen LogP contribution in [0.3, 0.4) is 0 Å². The number of ether oxygens (including phenoxy) is 1. The van der Waals surface area contributed by atoms with Crippen molar-refractivity contribution < 1.29 is 17.9 Å². The number of imidazole rings is 1. The second-order valence-corrected chi connectivity index (χ2v) is 8.83. The Kier molecular flexibility index (Phi) is 5.62. The number of hydrogen-bond donors (Lipinski definition) is 1. The van der Waals surface area contributed by atoms with Crippen molar-refractivity contribution >= 4 is 11.0 Å². The maximum absolute atomic E-state index is 13.3. The number of H-pyrrole nitrogens is 1. The molecule has 0 bridgehead atoms. The number of nitrogens with zero attached hydrogens (tertiary/aromatic N) is 2. The molecule has 0 amide bonds. The monoisotopic (exact) mass is 449 g/mol. The lowest BCUT2D eigenvalue weighted by molar-refractivity contribution is -0.138. The lowest BCUT2D eigenvalue weighted by Gasteiger charge is -2.18. The molecule has 0 saturated heterocycles. The van der Waals surface area contributed by atoms with E-state index in [2.05, 4.69) is 36.8 Å². The minimum absolute atomic E-state index is 0.00209. The van der Waals surface area contributed by atoms with Gasteiger partial charge < -0.3 is 9.72 Å². The highest BCUT2D eigenvalue weighted by molar-refractivity contribution is 5.80. The van der Waals surface area contributed by atoms with Crippen molar-refractivity contribution in [1.82, 2.24) is 9.97 Å². The van der Waals surface area contributed by atoms with E-state index < -0.39 is 11.7 Å². The number of nitrogens with one attached hydrogen (secondary N) is 1. The van der Waals surface area contributed by atoms with Crippen molar-refractivity contribution in [2.45, 2.75) is 39.0 Å². The van der Waals surface area contributed by atoms with E-state index in [0.717, 1.165) is 22.7 Å². The molecule has 7 heteroatoms. The Morgan fingerprint density at radius 1 is 1.00 bits per heavy atom. The van der Waals surface area contributed by atoms with E-state index in [1.54, 1.807) is 18.2 Å². The molecule has 1 N–H and O–H groups in total. The number of aromatic amines is 1. The van der Waals surface area contributed by atoms with Gasteiger partial charge in [0, 0.05) is 11.1 Å². The number of nitriles is 1. The Balaban J connectivity index is 1.66. The molecule has 0 atom stereocenters. The van der Waals surface area contributed by atoms with E-state index in [4.69, 9.17) is 4.74 Å². The second kappa shape index (κ2) is 8.28. The lowest BCUT2D eigenvalue weighted by Crippen LogP contribution is -2.11. The van der Waals surface area contributed by atoms with Crippen molar-refractivity contribution in [1.29, 1.82) is 5.26 Å². The third-order valence-electron chi connectivity index (χ3n) is 5.43. The van der Waals surface area contributed by atoms with Crippen LogP contribution in [0.1, 0.15) is 43.0 Å². The third kappa shape index (κ3) is 4.70. The van der Waals surface area contributed by atoms with Crippen LogP contribution in [0.4, 0.5) is 13.2 Å². The standard InChI is InChI=1S/C26H22F3N3O/c1-25(2,3)19-10-11-21-22(13-19)32-24(31-21)16-8-9-17(14-30)23(12-16)33-15-18-6-4-5-7-20(18)26(27,28)29/h4-13H,15H2,1-3H3,(H,31,32). The number of hydrogen-bond acceptors (Lipinski definition) is 3. The average Bonchev–Trinajstić information content (AvgIpc) is 3.20. The van der Waals surface area contributed by atoms with Gasteiger partial charge in [-0.15, -0.1) is 0 Å². The summed E-state index contributed by atoms with van der Waals surface area (Å²) in [7, 11) is 0. The number of rotatable bonds is 4. The molecule has 0 aliphatic heterocycles. The molecule has 3 aromatic carbocycles. The summed E-state index contributed by atoms with van der Waals surface area (Å²) in [5.41, 5.74) is 2.96. The molecule has 0 radical (unpaired) electrons. The fraction of sp³-hybridized carbons (Fsp3) is 0.231. The van der Waals surface area contributed by atoms with Gasteiger partial charge in [-0.2, -0.15) is 18.4 Å². The van der Waals surface area contributed by atoms with Crippen molar-refractivity contribution in [2.75, 3.05) is 0 Å². The molecule has 4 aromatic rings. The van der Waals surface area contributed by atoms with Gasteiger partial charge in [0.15, 0.2) is 0 Å². The summed E-state index contributed by atoms with van der Waals surface area (Å²) in [5.74, 6) is 0.781. The minimum atomic E-state index is -4.49. The van der Waals surface area contributed by atoms with Crippen LogP contribution in [-0.4, -0.2) is 9.97 Å². The van der Waals surface area contributed by atoms with Gasteiger partial charge in [0.1, 0.15) is 24.3 Å². The maximum atomic E-state index is 13.3. The van der Waals surface area contributed by atoms with Crippen LogP contribution >= 0.6 is 0 Å². The van der Waals surface area contributed by atoms with Crippen LogP contribution in [0.15, 0.2) is 60.7 Å². The Morgan fingerprint density at radius 2 is 1.76 bits per heavy atom. The van der Waals surface area contributed by atoms with E-state index in [1.807, 2.05) is 18.2 Å². The SMILES string of the molecule is CC(C)(C)c1ccc2nc(-c3ccc(C#N)c(OCc4ccccc4C(F)(F)F)c3)[nH]c2c1. The molecular formula is C26H22F3N3O. The quantitative estimate of drug-likeness (QED) is 0.365. The third-order valence-corrected chi connectivity index (χ3v) is 5.43. The van der Waals surface area contributed by atoms with Crippen molar-refractivity contribution in [2.24, 2.45) is 0 Å². The summed E-state index contributed by atoms with van der Waals surface area (Å²) in [5, 5.41) is 9.45. The highest BCUT2D eigenvalue weighted by atomic mass is 19.4. The van der Waals surface area contributed by atoms with Crippen LogP contribution in [0.25, 0.3) is 22.4 Å². The van der Waals surface area contributed by atoms with Gasteiger partial charge in [-0.1, -0.05) is 45.0 Å². The van der Waals surface area contributed by atoms with Crippen molar-refractivity contribution in [3.05, 3.63) is 82.9 Å². The molecule has 4 rings (SSSR count). The largest absolute Gasteiger partial charge is 0.487 e. The summed E-state index contributed by atoms with van der Waals surface area (Å²) in [4.78, 5) is 7.92. The summed E-state index contributed by atoms with van der Waals surface area (Å²) in [6.07, 6.45) is -4.49. The molecule has 0 aliphatic carbocycles. The Morgan fingerprint density at radius 3 is 2.45 bits per heavy atom. The highest BCUT2D eigenvalue weighted by Crippen LogP contribution is 2.34. The molecule has 0 unspecified atom stereocenters. The first-order valence-corrected chi connectivity index (χ1v) is 10.4. The van der Waals surface area contributed by atoms with Gasteiger partial charge in [-0.05, 0) is 47.4 Å². The van der Waals surface area contributed by atoms with Crippen LogP contribution < -0.4 is 4.74 Å². The zero-order valence-corrected chi connectivity index (χ0v) is 18.4. The van der Waals surface area contributed by atoms with Crippen molar-refractivity contribution in [3.63, 3.8) is 0 Å². The summed E-state index contributed by atoms with van der Waals surface area (Å²) in [6.45, 7) is 6.08. The summed E-state index contributed by atoms with van der Waals surface area (Å²) in [6, 6.07) is 18.2. The zero-order chi connectivity index (χ0) is 23.8. The van der Waals surface area contributed by atoms with Gasteiger partial charge in [0.05, 0.1) is 22.2 Å². The predicted molar refractivity (Wildman–Crippen MR) is 121 cm³/mol. The van der Waals surface area contributed by atoms with Crippen LogP contribution in [-0.2, 0) is 18.2 Å². The Labute approximate surface area is 189 Å². The number of benzene rings is 3. The Bertz CT molecular complexity index is 1360. The van der Waals surface area contributed by atoms with Gasteiger partial charge in [-0.3, -0.25) is 0 Å². The van der Waals surface area contributed by atoms with Crippen molar-refractivity contribution in [3.8, 4) is 23.2 Å². The zero-order valence-electron chi connectivity index (χ0n) is 18.4. The molecule has 0 fully saturated rings. The first kappa shape index (κ1) is 22.4. The van der Waals surface area contributed by atoms with Crippen LogP contribution in [0.2, 0.25) is 0 Å². The van der Waals surface area contributed by atoms with E-state index in [-0.39, 0.29) is 28.9 Å². The van der Waals surface area contributed by atoms with E-state index in [1.165, 1.54) is 18.2 Å². The molecule has 168 valence electrons.